The Kier molecular flexibility index (Phi) is 10.2. The molecule has 0 unspecified atom stereocenters. The summed E-state index contributed by atoms with van der Waals surface area (Å²) in [5.41, 5.74) is -1.03. The number of carbonyl (C=O) groups excluding carboxylic acids is 1. The molecule has 0 aromatic heterocycles. The number of nitrogens with zero attached hydrogens (tertiary/aromatic N) is 3. The van der Waals surface area contributed by atoms with E-state index in [9.17, 15) is 26.4 Å². The lowest BCUT2D eigenvalue weighted by Gasteiger charge is -2.33. The summed E-state index contributed by atoms with van der Waals surface area (Å²) in [6, 6.07) is 3.63. The SMILES string of the molecule is CN(CC1CCC(CN2CCCC2)CC1)C(=O)COCCN(C)S(=O)(=O)c1cccc(C(F)(F)F)c1. The van der Waals surface area contributed by atoms with E-state index in [0.29, 0.717) is 18.5 Å². The van der Waals surface area contributed by atoms with Crippen molar-refractivity contribution in [3.8, 4) is 0 Å². The second-order valence-corrected chi connectivity index (χ2v) is 12.1. The number of alkyl halides is 3. The van der Waals surface area contributed by atoms with Gasteiger partial charge in [0.25, 0.3) is 0 Å². The molecule has 0 N–H and O–H groups in total. The second-order valence-electron chi connectivity index (χ2n) is 10.1. The first-order chi connectivity index (χ1) is 17.0. The van der Waals surface area contributed by atoms with E-state index in [0.717, 1.165) is 41.3 Å². The van der Waals surface area contributed by atoms with E-state index in [-0.39, 0.29) is 25.7 Å². The number of hydrogen-bond acceptors (Lipinski definition) is 5. The summed E-state index contributed by atoms with van der Waals surface area (Å²) < 4.78 is 70.3. The number of sulfonamides is 1. The number of amides is 1. The minimum atomic E-state index is -4.63. The molecule has 1 aliphatic heterocycles. The summed E-state index contributed by atoms with van der Waals surface area (Å²) in [5, 5.41) is 0. The quantitative estimate of drug-likeness (QED) is 0.406. The normalized spacial score (nSPS) is 21.7. The van der Waals surface area contributed by atoms with Crippen LogP contribution in [0.15, 0.2) is 29.2 Å². The molecule has 0 atom stereocenters. The van der Waals surface area contributed by atoms with Crippen LogP contribution in [0.4, 0.5) is 13.2 Å². The molecule has 0 bridgehead atoms. The van der Waals surface area contributed by atoms with Crippen molar-refractivity contribution in [2.24, 2.45) is 11.8 Å². The fourth-order valence-electron chi connectivity index (χ4n) is 5.01. The molecule has 1 amide bonds. The average molecular weight is 534 g/mol. The molecule has 7 nitrogen and oxygen atoms in total. The molecule has 2 aliphatic rings. The maximum Gasteiger partial charge on any atom is 0.416 e. The molecule has 1 aromatic carbocycles. The highest BCUT2D eigenvalue weighted by atomic mass is 32.2. The third-order valence-electron chi connectivity index (χ3n) is 7.28. The summed E-state index contributed by atoms with van der Waals surface area (Å²) in [7, 11) is -1.09. The van der Waals surface area contributed by atoms with Gasteiger partial charge in [-0.25, -0.2) is 8.42 Å². The molecule has 36 heavy (non-hydrogen) atoms. The van der Waals surface area contributed by atoms with E-state index < -0.39 is 26.7 Å². The van der Waals surface area contributed by atoms with E-state index in [1.165, 1.54) is 52.4 Å². The van der Waals surface area contributed by atoms with Gasteiger partial charge in [-0.15, -0.1) is 0 Å². The van der Waals surface area contributed by atoms with Crippen LogP contribution in [0, 0.1) is 11.8 Å². The zero-order valence-electron chi connectivity index (χ0n) is 21.2. The highest BCUT2D eigenvalue weighted by Gasteiger charge is 2.32. The van der Waals surface area contributed by atoms with Crippen LogP contribution in [0.25, 0.3) is 0 Å². The molecule has 11 heteroatoms. The minimum Gasteiger partial charge on any atom is -0.370 e. The van der Waals surface area contributed by atoms with Crippen molar-refractivity contribution in [1.29, 1.82) is 0 Å². The Hall–Kier alpha value is -1.69. The topological polar surface area (TPSA) is 70.2 Å². The van der Waals surface area contributed by atoms with Crippen molar-refractivity contribution >= 4 is 15.9 Å². The van der Waals surface area contributed by atoms with Crippen LogP contribution in [0.5, 0.6) is 0 Å². The summed E-state index contributed by atoms with van der Waals surface area (Å²) in [4.78, 5) is 16.3. The lowest BCUT2D eigenvalue weighted by molar-refractivity contribution is -0.138. The third kappa shape index (κ3) is 8.16. The molecule has 1 saturated heterocycles. The summed E-state index contributed by atoms with van der Waals surface area (Å²) in [5.74, 6) is 1.07. The van der Waals surface area contributed by atoms with Crippen LogP contribution in [0.3, 0.4) is 0 Å². The molecule has 204 valence electrons. The minimum absolute atomic E-state index is 0.0458. The summed E-state index contributed by atoms with van der Waals surface area (Å²) >= 11 is 0. The Morgan fingerprint density at radius 2 is 1.72 bits per heavy atom. The van der Waals surface area contributed by atoms with Gasteiger partial charge in [0.2, 0.25) is 15.9 Å². The number of likely N-dealkylation sites (N-methyl/N-ethyl adjacent to an activating group) is 2. The Bertz CT molecular complexity index is 960. The van der Waals surface area contributed by atoms with Crippen LogP contribution in [0.1, 0.15) is 44.1 Å². The first-order valence-electron chi connectivity index (χ1n) is 12.6. The fraction of sp³-hybridized carbons (Fsp3) is 0.720. The molecule has 0 radical (unpaired) electrons. The van der Waals surface area contributed by atoms with Crippen LogP contribution < -0.4 is 0 Å². The van der Waals surface area contributed by atoms with Crippen LogP contribution in [-0.4, -0.2) is 88.5 Å². The molecule has 1 saturated carbocycles. The van der Waals surface area contributed by atoms with Crippen molar-refractivity contribution in [1.82, 2.24) is 14.1 Å². The molecule has 1 heterocycles. The van der Waals surface area contributed by atoms with Crippen LogP contribution in [0.2, 0.25) is 0 Å². The number of ether oxygens (including phenoxy) is 1. The lowest BCUT2D eigenvalue weighted by Crippen LogP contribution is -2.37. The Morgan fingerprint density at radius 1 is 1.08 bits per heavy atom. The Balaban J connectivity index is 1.35. The van der Waals surface area contributed by atoms with Crippen molar-refractivity contribution < 1.29 is 31.1 Å². The van der Waals surface area contributed by atoms with E-state index in [4.69, 9.17) is 4.74 Å². The predicted octanol–water partition coefficient (Wildman–Crippen LogP) is 3.70. The highest BCUT2D eigenvalue weighted by Crippen LogP contribution is 2.32. The largest absolute Gasteiger partial charge is 0.416 e. The summed E-state index contributed by atoms with van der Waals surface area (Å²) in [6.07, 6.45) is 2.63. The van der Waals surface area contributed by atoms with Gasteiger partial charge < -0.3 is 14.5 Å². The van der Waals surface area contributed by atoms with Gasteiger partial charge in [0.15, 0.2) is 0 Å². The van der Waals surface area contributed by atoms with E-state index in [1.807, 2.05) is 0 Å². The van der Waals surface area contributed by atoms with E-state index in [1.54, 1.807) is 11.9 Å². The lowest BCUT2D eigenvalue weighted by atomic mass is 9.81. The number of likely N-dealkylation sites (tertiary alicyclic amines) is 1. The number of hydrogen-bond donors (Lipinski definition) is 0. The number of rotatable bonds is 11. The van der Waals surface area contributed by atoms with Crippen LogP contribution >= 0.6 is 0 Å². The third-order valence-corrected chi connectivity index (χ3v) is 9.14. The molecule has 2 fully saturated rings. The monoisotopic (exact) mass is 533 g/mol. The van der Waals surface area contributed by atoms with Crippen molar-refractivity contribution in [3.05, 3.63) is 29.8 Å². The van der Waals surface area contributed by atoms with Gasteiger partial charge in [-0.05, 0) is 81.6 Å². The molecule has 1 aliphatic carbocycles. The number of halogens is 3. The smallest absolute Gasteiger partial charge is 0.370 e. The zero-order valence-corrected chi connectivity index (χ0v) is 22.0. The number of carbonyl (C=O) groups is 1. The van der Waals surface area contributed by atoms with Crippen molar-refractivity contribution in [2.45, 2.75) is 49.6 Å². The van der Waals surface area contributed by atoms with Gasteiger partial charge in [0, 0.05) is 33.7 Å². The standard InChI is InChI=1S/C25H38F3N3O4S/c1-29(17-20-8-10-21(11-9-20)18-31-12-3-4-13-31)24(32)19-35-15-14-30(2)36(33,34)23-7-5-6-22(16-23)25(26,27)28/h5-7,16,20-21H,3-4,8-15,17-19H2,1-2H3. The van der Waals surface area contributed by atoms with E-state index in [2.05, 4.69) is 4.90 Å². The zero-order chi connectivity index (χ0) is 26.3. The Labute approximate surface area is 212 Å². The van der Waals surface area contributed by atoms with Gasteiger partial charge in [-0.3, -0.25) is 4.79 Å². The second kappa shape index (κ2) is 12.7. The van der Waals surface area contributed by atoms with Gasteiger partial charge in [0.1, 0.15) is 6.61 Å². The molecular formula is C25H38F3N3O4S. The van der Waals surface area contributed by atoms with Gasteiger partial charge in [-0.1, -0.05) is 6.07 Å². The molecular weight excluding hydrogens is 495 g/mol. The molecule has 0 spiro atoms. The maximum atomic E-state index is 12.9. The summed E-state index contributed by atoms with van der Waals surface area (Å²) in [6.45, 7) is 4.04. The Morgan fingerprint density at radius 3 is 2.36 bits per heavy atom. The van der Waals surface area contributed by atoms with Gasteiger partial charge in [0.05, 0.1) is 17.1 Å². The molecule has 3 rings (SSSR count). The maximum absolute atomic E-state index is 12.9. The number of benzene rings is 1. The van der Waals surface area contributed by atoms with Gasteiger partial charge in [-0.2, -0.15) is 17.5 Å². The van der Waals surface area contributed by atoms with Crippen LogP contribution in [-0.2, 0) is 25.7 Å². The molecule has 1 aromatic rings. The average Bonchev–Trinajstić information content (AvgIpc) is 3.35. The first-order valence-corrected chi connectivity index (χ1v) is 14.1. The van der Waals surface area contributed by atoms with E-state index >= 15 is 0 Å². The van der Waals surface area contributed by atoms with Gasteiger partial charge >= 0.3 is 6.18 Å². The van der Waals surface area contributed by atoms with Crippen molar-refractivity contribution in [3.63, 3.8) is 0 Å². The first kappa shape index (κ1) is 28.9. The predicted molar refractivity (Wildman–Crippen MR) is 131 cm³/mol. The van der Waals surface area contributed by atoms with Crippen molar-refractivity contribution in [2.75, 3.05) is 60.0 Å². The fourth-order valence-corrected chi connectivity index (χ4v) is 6.21. The highest BCUT2D eigenvalue weighted by molar-refractivity contribution is 7.89.